The van der Waals surface area contributed by atoms with Crippen molar-refractivity contribution < 1.29 is 62.6 Å². The largest absolute Gasteiger partial charge is 0.508 e. The third-order valence-corrected chi connectivity index (χ3v) is 13.9. The van der Waals surface area contributed by atoms with Crippen molar-refractivity contribution in [3.05, 3.63) is 65.7 Å². The Morgan fingerprint density at radius 1 is 0.736 bits per heavy atom. The van der Waals surface area contributed by atoms with E-state index in [1.165, 1.54) is 24.3 Å². The fraction of sp³-hybridized carbons (Fsp3) is 0.500. The van der Waals surface area contributed by atoms with Gasteiger partial charge in [0.25, 0.3) is 5.91 Å². The monoisotopic (exact) mass is 1040 g/mol. The number of hydrogen-bond acceptors (Lipinski definition) is 16. The van der Waals surface area contributed by atoms with Gasteiger partial charge in [0, 0.05) is 37.3 Å². The molecule has 2 aromatic rings. The summed E-state index contributed by atoms with van der Waals surface area (Å²) in [5, 5.41) is 25.0. The molecule has 0 spiro atoms. The maximum atomic E-state index is 14.5. The third-order valence-electron chi connectivity index (χ3n) is 11.4. The molecule has 72 heavy (non-hydrogen) atoms. The van der Waals surface area contributed by atoms with Crippen LogP contribution in [0.5, 0.6) is 5.75 Å². The molecule has 2 fully saturated rings. The fourth-order valence-electron chi connectivity index (χ4n) is 7.57. The van der Waals surface area contributed by atoms with Crippen LogP contribution in [-0.4, -0.2) is 148 Å². The van der Waals surface area contributed by atoms with E-state index in [9.17, 15) is 57.8 Å². The van der Waals surface area contributed by atoms with Crippen LogP contribution in [0.4, 0.5) is 0 Å². The van der Waals surface area contributed by atoms with Gasteiger partial charge in [-0.25, -0.2) is 4.79 Å². The van der Waals surface area contributed by atoms with Crippen LogP contribution in [0.25, 0.3) is 0 Å². The van der Waals surface area contributed by atoms with Gasteiger partial charge in [-0.3, -0.25) is 47.9 Å². The zero-order valence-electron chi connectivity index (χ0n) is 39.6. The summed E-state index contributed by atoms with van der Waals surface area (Å²) in [5.41, 5.74) is 23.5. The van der Waals surface area contributed by atoms with Gasteiger partial charge in [-0.1, -0.05) is 77.4 Å². The van der Waals surface area contributed by atoms with Crippen LogP contribution in [0.2, 0.25) is 0 Å². The van der Waals surface area contributed by atoms with Crippen LogP contribution in [0, 0.1) is 0 Å². The molecule has 392 valence electrons. The number of amides is 10. The lowest BCUT2D eigenvalue weighted by Crippen LogP contribution is -2.61. The van der Waals surface area contributed by atoms with E-state index in [0.29, 0.717) is 30.4 Å². The quantitative estimate of drug-likeness (QED) is 0.0529. The van der Waals surface area contributed by atoms with Crippen LogP contribution < -0.4 is 54.8 Å². The molecule has 24 nitrogen and oxygen atoms in total. The number of likely N-dealkylation sites (tertiary alicyclic amines) is 1. The molecule has 15 N–H and O–H groups in total. The Kier molecular flexibility index (Phi) is 23.1. The van der Waals surface area contributed by atoms with Crippen molar-refractivity contribution >= 4 is 86.6 Å². The highest BCUT2D eigenvalue weighted by Gasteiger charge is 2.41. The second-order valence-electron chi connectivity index (χ2n) is 17.2. The van der Waals surface area contributed by atoms with Crippen molar-refractivity contribution in [1.29, 1.82) is 0 Å². The Hall–Kier alpha value is -6.93. The molecular weight excluding hydrogens is 979 g/mol. The summed E-state index contributed by atoms with van der Waals surface area (Å²) >= 11 is 0. The molecule has 2 saturated heterocycles. The Balaban J connectivity index is 1.71. The molecule has 4 rings (SSSR count). The van der Waals surface area contributed by atoms with Crippen LogP contribution in [0.3, 0.4) is 0 Å². The van der Waals surface area contributed by atoms with E-state index in [0.717, 1.165) is 26.5 Å². The van der Waals surface area contributed by atoms with Crippen molar-refractivity contribution in [1.82, 2.24) is 36.8 Å². The number of phenolic OH excluding ortho intramolecular Hbond substituents is 1. The van der Waals surface area contributed by atoms with E-state index in [1.54, 1.807) is 30.3 Å². The molecular formula is C46H63N11O13S2. The maximum Gasteiger partial charge on any atom is 0.329 e. The molecule has 0 radical (unpaired) electrons. The Bertz CT molecular complexity index is 2280. The summed E-state index contributed by atoms with van der Waals surface area (Å²) in [6.07, 6.45) is -1.67. The van der Waals surface area contributed by atoms with E-state index >= 15 is 0 Å². The lowest BCUT2D eigenvalue weighted by atomic mass is 10.0. The van der Waals surface area contributed by atoms with Crippen molar-refractivity contribution in [2.75, 3.05) is 24.6 Å². The number of carbonyl (C=O) groups excluding carboxylic acids is 11. The van der Waals surface area contributed by atoms with Gasteiger partial charge in [0.1, 0.15) is 42.0 Å². The molecule has 2 aromatic carbocycles. The highest BCUT2D eigenvalue weighted by molar-refractivity contribution is 8.76. The maximum absolute atomic E-state index is 14.5. The Labute approximate surface area is 423 Å². The molecule has 2 aliphatic rings. The van der Waals surface area contributed by atoms with Gasteiger partial charge in [-0.05, 0) is 55.4 Å². The zero-order chi connectivity index (χ0) is 52.9. The van der Waals surface area contributed by atoms with Crippen LogP contribution >= 0.6 is 21.6 Å². The molecule has 0 aliphatic carbocycles. The number of rotatable bonds is 18. The summed E-state index contributed by atoms with van der Waals surface area (Å²) in [5.74, 6) is -10.4. The van der Waals surface area contributed by atoms with Gasteiger partial charge in [-0.15, -0.1) is 0 Å². The van der Waals surface area contributed by atoms with Gasteiger partial charge < -0.3 is 69.6 Å². The number of benzene rings is 2. The van der Waals surface area contributed by atoms with Crippen LogP contribution in [0.1, 0.15) is 69.4 Å². The molecule has 0 unspecified atom stereocenters. The number of aromatic hydroxyl groups is 1. The van der Waals surface area contributed by atoms with Crippen molar-refractivity contribution in [3.63, 3.8) is 0 Å². The van der Waals surface area contributed by atoms with Crippen molar-refractivity contribution in [3.8, 4) is 5.75 Å². The number of nitrogens with zero attached hydrogens (tertiary/aromatic N) is 1. The minimum Gasteiger partial charge on any atom is -0.508 e. The van der Waals surface area contributed by atoms with Crippen LogP contribution in [-0.2, 0) is 70.3 Å². The van der Waals surface area contributed by atoms with Crippen molar-refractivity contribution in [2.24, 2.45) is 22.9 Å². The van der Waals surface area contributed by atoms with Gasteiger partial charge in [0.2, 0.25) is 53.2 Å². The normalized spacial score (nSPS) is 23.2. The second-order valence-corrected chi connectivity index (χ2v) is 19.7. The molecule has 0 aromatic heterocycles. The summed E-state index contributed by atoms with van der Waals surface area (Å²) in [6.45, 7) is 1.35. The minimum atomic E-state index is -1.78. The minimum absolute atomic E-state index is 0.00810. The highest BCUT2D eigenvalue weighted by Crippen LogP contribution is 2.26. The van der Waals surface area contributed by atoms with Crippen molar-refractivity contribution in [2.45, 2.75) is 120 Å². The number of nitrogens with two attached hydrogens (primary N) is 4. The topological polar surface area (TPSA) is 397 Å². The third kappa shape index (κ3) is 18.7. The summed E-state index contributed by atoms with van der Waals surface area (Å²) in [7, 11) is 2.01. The molecule has 2 aliphatic heterocycles. The number of esters is 1. The molecule has 8 atom stereocenters. The smallest absolute Gasteiger partial charge is 0.329 e. The average molecular weight is 1040 g/mol. The number of hydrogen-bond donors (Lipinski definition) is 11. The lowest BCUT2D eigenvalue weighted by Gasteiger charge is -2.30. The second kappa shape index (κ2) is 28.8. The van der Waals surface area contributed by atoms with Crippen LogP contribution in [0.15, 0.2) is 54.6 Å². The van der Waals surface area contributed by atoms with E-state index in [2.05, 4.69) is 31.9 Å². The first kappa shape index (κ1) is 57.6. The number of nitrogens with one attached hydrogen (secondary N) is 6. The zero-order valence-corrected chi connectivity index (χ0v) is 41.3. The van der Waals surface area contributed by atoms with Gasteiger partial charge in [-0.2, -0.15) is 0 Å². The number of primary amides is 3. The molecule has 26 heteroatoms. The summed E-state index contributed by atoms with van der Waals surface area (Å²) < 4.78 is 5.61. The molecule has 0 bridgehead atoms. The molecule has 0 saturated carbocycles. The average Bonchev–Trinajstić information content (AvgIpc) is 3.84. The predicted octanol–water partition coefficient (Wildman–Crippen LogP) is -2.84. The first-order valence-corrected chi connectivity index (χ1v) is 25.7. The Morgan fingerprint density at radius 3 is 1.92 bits per heavy atom. The van der Waals surface area contributed by atoms with Gasteiger partial charge in [0.15, 0.2) is 6.10 Å². The highest BCUT2D eigenvalue weighted by atomic mass is 33.1. The number of carbonyl (C=O) groups is 11. The van der Waals surface area contributed by atoms with E-state index in [1.807, 2.05) is 6.92 Å². The van der Waals surface area contributed by atoms with E-state index in [4.69, 9.17) is 27.7 Å². The predicted molar refractivity (Wildman–Crippen MR) is 263 cm³/mol. The lowest BCUT2D eigenvalue weighted by molar-refractivity contribution is -0.163. The number of phenols is 1. The molecule has 2 heterocycles. The van der Waals surface area contributed by atoms with E-state index in [-0.39, 0.29) is 49.5 Å². The van der Waals surface area contributed by atoms with Gasteiger partial charge in [0.05, 0.1) is 19.0 Å². The summed E-state index contributed by atoms with van der Waals surface area (Å²) in [4.78, 5) is 149. The van der Waals surface area contributed by atoms with E-state index < -0.39 is 139 Å². The number of ether oxygens (including phenoxy) is 1. The summed E-state index contributed by atoms with van der Waals surface area (Å²) in [6, 6.07) is 4.11. The SMILES string of the molecule is CCCC[C@H](OC(=O)[C@@H]1CCCN1C(=O)[C@@H]1CSSC[C@H](N)C(=O)N[C@@H](Cc2ccc(O)cc2)C(=O)N[C@@H](Cc2ccccc2)C(=O)N[C@@H](CCC(N)=O)C(=O)N[C@@H](CC(N)=O)C(=O)N1)C(=O)NCC(N)=O. The molecule has 10 amide bonds. The standard InChI is InChI=1S/C46H63N11O13S2/c1-2-3-11-35(44(67)51-22-38(50)61)70-46(69)34-10-7-18-57(34)45(68)33-24-72-71-23-28(47)39(62)53-30(20-26-12-14-27(58)15-13-26)42(65)54-31(19-25-8-5-4-6-9-25)41(64)52-29(16-17-36(48)59)40(63)55-32(21-37(49)60)43(66)56-33/h4-6,8-9,12-15,28-35,58H,2-3,7,10-11,16-24,47H2,1H3,(H2,48,59)(H2,49,60)(H2,50,61)(H,51,67)(H,52,64)(H,53,62)(H,54,65)(H,55,63)(H,56,66)/t28-,29-,30-,31-,32-,33-,34-,35-/m0/s1. The fourth-order valence-corrected chi connectivity index (χ4v) is 9.85. The Morgan fingerprint density at radius 2 is 1.31 bits per heavy atom. The first-order chi connectivity index (χ1) is 34.3. The van der Waals surface area contributed by atoms with Gasteiger partial charge >= 0.3 is 5.97 Å². The number of unbranched alkanes of at least 4 members (excludes halogenated alkanes) is 1. The first-order valence-electron chi connectivity index (χ1n) is 23.2.